The van der Waals surface area contributed by atoms with Crippen molar-refractivity contribution in [1.82, 2.24) is 4.98 Å². The minimum absolute atomic E-state index is 0.556. The van der Waals surface area contributed by atoms with Gasteiger partial charge in [-0.05, 0) is 24.3 Å². The maximum atomic E-state index is 6.12. The first-order chi connectivity index (χ1) is 14.3. The Morgan fingerprint density at radius 1 is 0.793 bits per heavy atom. The van der Waals surface area contributed by atoms with E-state index in [2.05, 4.69) is 0 Å². The van der Waals surface area contributed by atoms with E-state index in [4.69, 9.17) is 18.9 Å². The predicted molar refractivity (Wildman–Crippen MR) is 117 cm³/mol. The zero-order valence-corrected chi connectivity index (χ0v) is 16.9. The van der Waals surface area contributed by atoms with Crippen LogP contribution in [0.15, 0.2) is 94.6 Å². The molecule has 29 heavy (non-hydrogen) atoms. The Morgan fingerprint density at radius 2 is 1.41 bits per heavy atom. The largest absolute Gasteiger partial charge is 0.497 e. The van der Waals surface area contributed by atoms with E-state index in [9.17, 15) is 0 Å². The Balaban J connectivity index is 1.45. The number of oxazole rings is 1. The molecular formula is C24H21NO3S. The fourth-order valence-electron chi connectivity index (χ4n) is 2.90. The Kier molecular flexibility index (Phi) is 6.17. The lowest BCUT2D eigenvalue weighted by Crippen LogP contribution is -2.00. The SMILES string of the molecule is COc1ccc(OCCSc2nc(-c3ccccc3)c(-c3ccccc3)o2)cc1. The molecule has 0 bridgehead atoms. The van der Waals surface area contributed by atoms with Crippen LogP contribution in [-0.2, 0) is 0 Å². The second-order valence-corrected chi connectivity index (χ2v) is 7.31. The second kappa shape index (κ2) is 9.34. The lowest BCUT2D eigenvalue weighted by Gasteiger charge is -2.05. The molecule has 1 heterocycles. The molecule has 0 saturated heterocycles. The monoisotopic (exact) mass is 403 g/mol. The number of benzene rings is 3. The number of nitrogens with zero attached hydrogens (tertiary/aromatic N) is 1. The Morgan fingerprint density at radius 3 is 2.07 bits per heavy atom. The molecule has 0 aliphatic rings. The van der Waals surface area contributed by atoms with E-state index in [1.165, 1.54) is 0 Å². The first kappa shape index (κ1) is 19.2. The molecule has 4 nitrogen and oxygen atoms in total. The molecule has 0 saturated carbocycles. The highest BCUT2D eigenvalue weighted by molar-refractivity contribution is 7.99. The van der Waals surface area contributed by atoms with Crippen LogP contribution in [0.25, 0.3) is 22.6 Å². The highest BCUT2D eigenvalue weighted by Crippen LogP contribution is 2.35. The quantitative estimate of drug-likeness (QED) is 0.259. The molecule has 3 aromatic carbocycles. The van der Waals surface area contributed by atoms with E-state index in [0.717, 1.165) is 39.8 Å². The molecule has 0 unspecified atom stereocenters. The van der Waals surface area contributed by atoms with Gasteiger partial charge in [0.05, 0.1) is 13.7 Å². The number of hydrogen-bond acceptors (Lipinski definition) is 5. The molecule has 0 spiro atoms. The summed E-state index contributed by atoms with van der Waals surface area (Å²) in [7, 11) is 1.65. The molecule has 5 heteroatoms. The van der Waals surface area contributed by atoms with Gasteiger partial charge in [0.1, 0.15) is 17.2 Å². The summed E-state index contributed by atoms with van der Waals surface area (Å²) in [5.41, 5.74) is 2.91. The molecule has 0 atom stereocenters. The predicted octanol–water partition coefficient (Wildman–Crippen LogP) is 6.19. The second-order valence-electron chi connectivity index (χ2n) is 6.26. The van der Waals surface area contributed by atoms with Gasteiger partial charge >= 0.3 is 0 Å². The smallest absolute Gasteiger partial charge is 0.256 e. The topological polar surface area (TPSA) is 44.5 Å². The summed E-state index contributed by atoms with van der Waals surface area (Å²) in [6.07, 6.45) is 0. The summed E-state index contributed by atoms with van der Waals surface area (Å²) in [4.78, 5) is 4.75. The van der Waals surface area contributed by atoms with Crippen molar-refractivity contribution >= 4 is 11.8 Å². The molecule has 4 aromatic rings. The van der Waals surface area contributed by atoms with Gasteiger partial charge in [0.2, 0.25) is 0 Å². The van der Waals surface area contributed by atoms with Crippen LogP contribution in [0.3, 0.4) is 0 Å². The van der Waals surface area contributed by atoms with Crippen LogP contribution in [-0.4, -0.2) is 24.5 Å². The van der Waals surface area contributed by atoms with Crippen LogP contribution in [0.4, 0.5) is 0 Å². The van der Waals surface area contributed by atoms with Gasteiger partial charge in [-0.2, -0.15) is 0 Å². The molecule has 0 aliphatic carbocycles. The lowest BCUT2D eigenvalue weighted by atomic mass is 10.1. The van der Waals surface area contributed by atoms with Gasteiger partial charge in [-0.25, -0.2) is 4.98 Å². The Labute approximate surface area is 174 Å². The fraction of sp³-hybridized carbons (Fsp3) is 0.125. The zero-order chi connectivity index (χ0) is 19.9. The van der Waals surface area contributed by atoms with Gasteiger partial charge in [-0.3, -0.25) is 0 Å². The fourth-order valence-corrected chi connectivity index (χ4v) is 3.54. The van der Waals surface area contributed by atoms with Crippen molar-refractivity contribution in [2.24, 2.45) is 0 Å². The van der Waals surface area contributed by atoms with Crippen LogP contribution in [0.2, 0.25) is 0 Å². The van der Waals surface area contributed by atoms with Crippen molar-refractivity contribution in [2.75, 3.05) is 19.5 Å². The van der Waals surface area contributed by atoms with E-state index in [-0.39, 0.29) is 0 Å². The van der Waals surface area contributed by atoms with Crippen molar-refractivity contribution in [2.45, 2.75) is 5.22 Å². The normalized spacial score (nSPS) is 10.7. The van der Waals surface area contributed by atoms with E-state index < -0.39 is 0 Å². The van der Waals surface area contributed by atoms with Crippen molar-refractivity contribution < 1.29 is 13.9 Å². The number of ether oxygens (including phenoxy) is 2. The van der Waals surface area contributed by atoms with E-state index in [1.54, 1.807) is 18.9 Å². The third-order valence-corrected chi connectivity index (χ3v) is 5.12. The summed E-state index contributed by atoms with van der Waals surface area (Å²) in [6.45, 7) is 0.556. The summed E-state index contributed by atoms with van der Waals surface area (Å²) >= 11 is 1.54. The standard InChI is InChI=1S/C24H21NO3S/c1-26-20-12-14-21(15-13-20)27-16-17-29-24-25-22(18-8-4-2-5-9-18)23(28-24)19-10-6-3-7-11-19/h2-15H,16-17H2,1H3. The third kappa shape index (κ3) is 4.81. The third-order valence-electron chi connectivity index (χ3n) is 4.33. The molecule has 0 radical (unpaired) electrons. The Hall–Kier alpha value is -3.18. The highest BCUT2D eigenvalue weighted by atomic mass is 32.2. The first-order valence-electron chi connectivity index (χ1n) is 9.35. The van der Waals surface area contributed by atoms with Gasteiger partial charge in [-0.1, -0.05) is 72.4 Å². The average molecular weight is 404 g/mol. The maximum absolute atomic E-state index is 6.12. The summed E-state index contributed by atoms with van der Waals surface area (Å²) in [5.74, 6) is 3.15. The van der Waals surface area contributed by atoms with Gasteiger partial charge in [-0.15, -0.1) is 0 Å². The molecule has 0 aliphatic heterocycles. The van der Waals surface area contributed by atoms with Crippen molar-refractivity contribution in [1.29, 1.82) is 0 Å². The van der Waals surface area contributed by atoms with E-state index >= 15 is 0 Å². The van der Waals surface area contributed by atoms with E-state index in [0.29, 0.717) is 11.8 Å². The van der Waals surface area contributed by atoms with E-state index in [1.807, 2.05) is 84.9 Å². The highest BCUT2D eigenvalue weighted by Gasteiger charge is 2.17. The van der Waals surface area contributed by atoms with Crippen molar-refractivity contribution in [3.05, 3.63) is 84.9 Å². The molecular weight excluding hydrogens is 382 g/mol. The summed E-state index contributed by atoms with van der Waals surface area (Å²) in [6, 6.07) is 27.7. The Bertz CT molecular complexity index is 974. The van der Waals surface area contributed by atoms with Gasteiger partial charge in [0.15, 0.2) is 5.76 Å². The molecule has 4 rings (SSSR count). The maximum Gasteiger partial charge on any atom is 0.256 e. The molecule has 1 aromatic heterocycles. The van der Waals surface area contributed by atoms with Crippen molar-refractivity contribution in [3.8, 4) is 34.1 Å². The van der Waals surface area contributed by atoms with Crippen LogP contribution < -0.4 is 9.47 Å². The summed E-state index contributed by atoms with van der Waals surface area (Å²) in [5, 5.41) is 0.640. The van der Waals surface area contributed by atoms with Gasteiger partial charge in [0.25, 0.3) is 5.22 Å². The number of aromatic nitrogens is 1. The molecule has 0 N–H and O–H groups in total. The molecule has 146 valence electrons. The minimum Gasteiger partial charge on any atom is -0.497 e. The molecule has 0 fully saturated rings. The number of thioether (sulfide) groups is 1. The lowest BCUT2D eigenvalue weighted by molar-refractivity contribution is 0.342. The number of hydrogen-bond donors (Lipinski definition) is 0. The average Bonchev–Trinajstić information content (AvgIpc) is 3.23. The summed E-state index contributed by atoms with van der Waals surface area (Å²) < 4.78 is 17.1. The zero-order valence-electron chi connectivity index (χ0n) is 16.1. The van der Waals surface area contributed by atoms with Crippen LogP contribution >= 0.6 is 11.8 Å². The van der Waals surface area contributed by atoms with Crippen molar-refractivity contribution in [3.63, 3.8) is 0 Å². The van der Waals surface area contributed by atoms with Crippen LogP contribution in [0.1, 0.15) is 0 Å². The van der Waals surface area contributed by atoms with Gasteiger partial charge in [0, 0.05) is 16.9 Å². The number of methoxy groups -OCH3 is 1. The van der Waals surface area contributed by atoms with Crippen LogP contribution in [0, 0.1) is 0 Å². The molecule has 0 amide bonds. The minimum atomic E-state index is 0.556. The first-order valence-corrected chi connectivity index (χ1v) is 10.3. The van der Waals surface area contributed by atoms with Gasteiger partial charge < -0.3 is 13.9 Å². The number of rotatable bonds is 8. The van der Waals surface area contributed by atoms with Crippen LogP contribution in [0.5, 0.6) is 11.5 Å².